The number of carbonyl (C=O) groups excluding carboxylic acids is 1. The van der Waals surface area contributed by atoms with Crippen LogP contribution in [0.4, 0.5) is 0 Å². The Bertz CT molecular complexity index is 253. The summed E-state index contributed by atoms with van der Waals surface area (Å²) in [6, 6.07) is 0. The number of nitrogens with zero attached hydrogens (tertiary/aromatic N) is 1. The van der Waals surface area contributed by atoms with E-state index in [1.807, 2.05) is 0 Å². The van der Waals surface area contributed by atoms with Gasteiger partial charge in [-0.05, 0) is 25.2 Å². The van der Waals surface area contributed by atoms with E-state index in [-0.39, 0.29) is 17.9 Å². The van der Waals surface area contributed by atoms with Crippen molar-refractivity contribution in [1.82, 2.24) is 4.90 Å². The number of hydrogen-bond acceptors (Lipinski definition) is 3. The molecule has 2 atom stereocenters. The third kappa shape index (κ3) is 2.49. The molecule has 1 fully saturated rings. The van der Waals surface area contributed by atoms with Crippen LogP contribution < -0.4 is 5.73 Å². The smallest absolute Gasteiger partial charge is 0.244 e. The van der Waals surface area contributed by atoms with Crippen molar-refractivity contribution in [2.45, 2.75) is 39.2 Å². The minimum atomic E-state index is -1.13. The second kappa shape index (κ2) is 4.10. The van der Waals surface area contributed by atoms with Gasteiger partial charge >= 0.3 is 0 Å². The zero-order chi connectivity index (χ0) is 11.7. The molecule has 1 heterocycles. The summed E-state index contributed by atoms with van der Waals surface area (Å²) in [6.45, 7) is 7.13. The van der Waals surface area contributed by atoms with Gasteiger partial charge in [0.2, 0.25) is 5.91 Å². The summed E-state index contributed by atoms with van der Waals surface area (Å²) < 4.78 is 0. The molecule has 1 aliphatic heterocycles. The van der Waals surface area contributed by atoms with Crippen LogP contribution in [0.5, 0.6) is 0 Å². The average Bonchev–Trinajstić information content (AvgIpc) is 2.60. The fraction of sp³-hybridized carbons (Fsp3) is 0.909. The molecule has 0 saturated carbocycles. The van der Waals surface area contributed by atoms with Crippen LogP contribution in [0.25, 0.3) is 0 Å². The Morgan fingerprint density at radius 3 is 2.67 bits per heavy atom. The molecule has 0 radical (unpaired) electrons. The molecule has 0 aliphatic carbocycles. The summed E-state index contributed by atoms with van der Waals surface area (Å²) in [4.78, 5) is 13.7. The predicted molar refractivity (Wildman–Crippen MR) is 59.3 cm³/mol. The third-order valence-corrected chi connectivity index (χ3v) is 3.52. The van der Waals surface area contributed by atoms with Crippen LogP contribution in [0.2, 0.25) is 0 Å². The standard InChI is InChI=1S/C11H22N2O2/c1-4-10(2)5-6-13(7-10)9(15)11(3,12)8-14/h14H,4-8,12H2,1-3H3/t10-,11+/m0/s1. The van der Waals surface area contributed by atoms with Crippen molar-refractivity contribution >= 4 is 5.91 Å². The maximum absolute atomic E-state index is 11.9. The highest BCUT2D eigenvalue weighted by atomic mass is 16.3. The zero-order valence-electron chi connectivity index (χ0n) is 9.92. The number of aliphatic hydroxyl groups is 1. The van der Waals surface area contributed by atoms with Crippen LogP contribution in [0.1, 0.15) is 33.6 Å². The molecular weight excluding hydrogens is 192 g/mol. The van der Waals surface area contributed by atoms with E-state index in [1.165, 1.54) is 0 Å². The van der Waals surface area contributed by atoms with E-state index in [0.717, 1.165) is 25.9 Å². The van der Waals surface area contributed by atoms with Gasteiger partial charge in [-0.15, -0.1) is 0 Å². The Kier molecular flexibility index (Phi) is 3.41. The maximum Gasteiger partial charge on any atom is 0.244 e. The summed E-state index contributed by atoms with van der Waals surface area (Å²) in [6.07, 6.45) is 2.09. The molecule has 0 unspecified atom stereocenters. The van der Waals surface area contributed by atoms with Crippen molar-refractivity contribution in [3.05, 3.63) is 0 Å². The lowest BCUT2D eigenvalue weighted by Gasteiger charge is -2.29. The van der Waals surface area contributed by atoms with Gasteiger partial charge in [-0.25, -0.2) is 0 Å². The van der Waals surface area contributed by atoms with Gasteiger partial charge in [0.15, 0.2) is 0 Å². The van der Waals surface area contributed by atoms with Crippen LogP contribution >= 0.6 is 0 Å². The van der Waals surface area contributed by atoms with Crippen LogP contribution in [0.3, 0.4) is 0 Å². The lowest BCUT2D eigenvalue weighted by atomic mass is 9.87. The van der Waals surface area contributed by atoms with Crippen molar-refractivity contribution in [2.24, 2.45) is 11.1 Å². The maximum atomic E-state index is 11.9. The molecule has 1 aliphatic rings. The SMILES string of the molecule is CC[C@@]1(C)CCN(C(=O)[C@](C)(N)CO)C1. The van der Waals surface area contributed by atoms with Gasteiger partial charge in [0.25, 0.3) is 0 Å². The van der Waals surface area contributed by atoms with Crippen molar-refractivity contribution in [1.29, 1.82) is 0 Å². The van der Waals surface area contributed by atoms with Crippen LogP contribution in [0.15, 0.2) is 0 Å². The van der Waals surface area contributed by atoms with Crippen LogP contribution in [0, 0.1) is 5.41 Å². The fourth-order valence-corrected chi connectivity index (χ4v) is 1.91. The number of amides is 1. The Morgan fingerprint density at radius 2 is 2.27 bits per heavy atom. The van der Waals surface area contributed by atoms with Gasteiger partial charge in [-0.1, -0.05) is 13.8 Å². The first-order chi connectivity index (χ1) is 6.84. The highest BCUT2D eigenvalue weighted by molar-refractivity contribution is 5.86. The highest BCUT2D eigenvalue weighted by Crippen LogP contribution is 2.33. The van der Waals surface area contributed by atoms with E-state index in [1.54, 1.807) is 11.8 Å². The predicted octanol–water partition coefficient (Wildman–Crippen LogP) is 0.345. The van der Waals surface area contributed by atoms with Crippen molar-refractivity contribution in [2.75, 3.05) is 19.7 Å². The monoisotopic (exact) mass is 214 g/mol. The number of likely N-dealkylation sites (tertiary alicyclic amines) is 1. The van der Waals surface area contributed by atoms with Gasteiger partial charge in [0.1, 0.15) is 5.54 Å². The molecule has 4 heteroatoms. The summed E-state index contributed by atoms with van der Waals surface area (Å²) in [5.41, 5.74) is 4.83. The lowest BCUT2D eigenvalue weighted by Crippen LogP contribution is -2.55. The van der Waals surface area contributed by atoms with Crippen LogP contribution in [-0.4, -0.2) is 41.1 Å². The van der Waals surface area contributed by atoms with E-state index < -0.39 is 5.54 Å². The molecule has 1 saturated heterocycles. The highest BCUT2D eigenvalue weighted by Gasteiger charge is 2.39. The minimum absolute atomic E-state index is 0.137. The summed E-state index contributed by atoms with van der Waals surface area (Å²) in [5, 5.41) is 9.04. The summed E-state index contributed by atoms with van der Waals surface area (Å²) in [5.74, 6) is -0.137. The quantitative estimate of drug-likeness (QED) is 0.712. The number of rotatable bonds is 3. The number of hydrogen-bond donors (Lipinski definition) is 2. The molecule has 0 aromatic carbocycles. The Balaban J connectivity index is 2.66. The molecule has 0 spiro atoms. The van der Waals surface area contributed by atoms with Crippen molar-refractivity contribution in [3.8, 4) is 0 Å². The molecule has 0 aromatic rings. The topological polar surface area (TPSA) is 66.6 Å². The molecule has 1 amide bonds. The Labute approximate surface area is 91.4 Å². The fourth-order valence-electron chi connectivity index (χ4n) is 1.91. The molecule has 1 rings (SSSR count). The number of nitrogens with two attached hydrogens (primary N) is 1. The van der Waals surface area contributed by atoms with E-state index in [4.69, 9.17) is 10.8 Å². The normalized spacial score (nSPS) is 30.3. The number of aliphatic hydroxyl groups excluding tert-OH is 1. The average molecular weight is 214 g/mol. The van der Waals surface area contributed by atoms with Gasteiger partial charge in [-0.3, -0.25) is 4.79 Å². The molecule has 4 nitrogen and oxygen atoms in total. The Morgan fingerprint density at radius 1 is 1.67 bits per heavy atom. The first kappa shape index (κ1) is 12.5. The van der Waals surface area contributed by atoms with Crippen molar-refractivity contribution < 1.29 is 9.90 Å². The summed E-state index contributed by atoms with van der Waals surface area (Å²) >= 11 is 0. The second-order valence-electron chi connectivity index (χ2n) is 5.22. The number of carbonyl (C=O) groups is 1. The molecule has 88 valence electrons. The van der Waals surface area contributed by atoms with Crippen LogP contribution in [-0.2, 0) is 4.79 Å². The molecule has 0 aromatic heterocycles. The Hall–Kier alpha value is -0.610. The van der Waals surface area contributed by atoms with Gasteiger partial charge in [0, 0.05) is 13.1 Å². The third-order valence-electron chi connectivity index (χ3n) is 3.52. The molecular formula is C11H22N2O2. The van der Waals surface area contributed by atoms with E-state index in [2.05, 4.69) is 13.8 Å². The van der Waals surface area contributed by atoms with Gasteiger partial charge < -0.3 is 15.7 Å². The second-order valence-corrected chi connectivity index (χ2v) is 5.22. The molecule has 3 N–H and O–H groups in total. The molecule has 15 heavy (non-hydrogen) atoms. The largest absolute Gasteiger partial charge is 0.394 e. The first-order valence-electron chi connectivity index (χ1n) is 5.54. The zero-order valence-corrected chi connectivity index (χ0v) is 9.92. The van der Waals surface area contributed by atoms with Gasteiger partial charge in [-0.2, -0.15) is 0 Å². The lowest BCUT2D eigenvalue weighted by molar-refractivity contribution is -0.137. The van der Waals surface area contributed by atoms with E-state index in [9.17, 15) is 4.79 Å². The van der Waals surface area contributed by atoms with Crippen molar-refractivity contribution in [3.63, 3.8) is 0 Å². The van der Waals surface area contributed by atoms with E-state index >= 15 is 0 Å². The minimum Gasteiger partial charge on any atom is -0.394 e. The van der Waals surface area contributed by atoms with Gasteiger partial charge in [0.05, 0.1) is 6.61 Å². The van der Waals surface area contributed by atoms with E-state index in [0.29, 0.717) is 0 Å². The first-order valence-corrected chi connectivity index (χ1v) is 5.54. The summed E-state index contributed by atoms with van der Waals surface area (Å²) in [7, 11) is 0. The molecule has 0 bridgehead atoms.